The Kier molecular flexibility index (Phi) is 9.51. The van der Waals surface area contributed by atoms with E-state index < -0.39 is 0 Å². The second-order valence-corrected chi connectivity index (χ2v) is 9.40. The van der Waals surface area contributed by atoms with Crippen molar-refractivity contribution >= 4 is 23.0 Å². The van der Waals surface area contributed by atoms with Crippen molar-refractivity contribution in [3.05, 3.63) is 59.4 Å². The second kappa shape index (κ2) is 12.6. The van der Waals surface area contributed by atoms with E-state index in [9.17, 15) is 9.59 Å². The maximum Gasteiger partial charge on any atom is 0.415 e. The first kappa shape index (κ1) is 27.2. The summed E-state index contributed by atoms with van der Waals surface area (Å²) in [6.07, 6.45) is 1.35. The van der Waals surface area contributed by atoms with Crippen LogP contribution >= 0.6 is 0 Å². The van der Waals surface area contributed by atoms with Gasteiger partial charge in [-0.3, -0.25) is 4.79 Å². The highest BCUT2D eigenvalue weighted by molar-refractivity contribution is 5.97. The van der Waals surface area contributed by atoms with E-state index in [1.54, 1.807) is 4.90 Å². The highest BCUT2D eigenvalue weighted by atomic mass is 16.6. The predicted molar refractivity (Wildman–Crippen MR) is 145 cm³/mol. The van der Waals surface area contributed by atoms with Crippen molar-refractivity contribution in [1.82, 2.24) is 19.4 Å². The third-order valence-corrected chi connectivity index (χ3v) is 6.57. The Hall–Kier alpha value is -3.35. The SMILES string of the molecule is CCN(CC)C(=O)Oc1ccc(Cc2nc3cc(C(=O)N(CC)CC)ccc3n2CCC(C)C)cc1. The fourth-order valence-electron chi connectivity index (χ4n) is 4.28. The van der Waals surface area contributed by atoms with Crippen LogP contribution in [0.15, 0.2) is 42.5 Å². The fourth-order valence-corrected chi connectivity index (χ4v) is 4.28. The van der Waals surface area contributed by atoms with Gasteiger partial charge in [-0.25, -0.2) is 9.78 Å². The van der Waals surface area contributed by atoms with Gasteiger partial charge in [0.05, 0.1) is 11.0 Å². The third kappa shape index (κ3) is 6.45. The summed E-state index contributed by atoms with van der Waals surface area (Å²) in [6.45, 7) is 15.8. The first-order valence-electron chi connectivity index (χ1n) is 13.1. The molecule has 0 N–H and O–H groups in total. The lowest BCUT2D eigenvalue weighted by Crippen LogP contribution is -2.33. The van der Waals surface area contributed by atoms with Crippen LogP contribution in [0.1, 0.15) is 69.7 Å². The van der Waals surface area contributed by atoms with E-state index in [1.165, 1.54) is 0 Å². The number of amides is 2. The van der Waals surface area contributed by atoms with Crippen molar-refractivity contribution in [1.29, 1.82) is 0 Å². The minimum absolute atomic E-state index is 0.0371. The molecule has 0 atom stereocenters. The molecule has 2 aromatic carbocycles. The summed E-state index contributed by atoms with van der Waals surface area (Å²) >= 11 is 0. The highest BCUT2D eigenvalue weighted by Crippen LogP contribution is 2.23. The topological polar surface area (TPSA) is 67.7 Å². The molecule has 3 aromatic rings. The molecule has 2 amide bonds. The number of ether oxygens (including phenoxy) is 1. The number of carbonyl (C=O) groups excluding carboxylic acids is 2. The predicted octanol–water partition coefficient (Wildman–Crippen LogP) is 6.00. The number of imidazole rings is 1. The zero-order chi connectivity index (χ0) is 26.2. The van der Waals surface area contributed by atoms with Crippen LogP contribution in [0.25, 0.3) is 11.0 Å². The van der Waals surface area contributed by atoms with Crippen LogP contribution in [-0.2, 0) is 13.0 Å². The summed E-state index contributed by atoms with van der Waals surface area (Å²) < 4.78 is 7.78. The van der Waals surface area contributed by atoms with Gasteiger partial charge in [-0.1, -0.05) is 26.0 Å². The zero-order valence-corrected chi connectivity index (χ0v) is 22.6. The molecule has 7 heteroatoms. The van der Waals surface area contributed by atoms with Crippen LogP contribution in [0.4, 0.5) is 4.79 Å². The van der Waals surface area contributed by atoms with E-state index in [2.05, 4.69) is 18.4 Å². The summed E-state index contributed by atoms with van der Waals surface area (Å²) in [6, 6.07) is 13.5. The molecule has 0 aliphatic rings. The van der Waals surface area contributed by atoms with Gasteiger partial charge in [0.2, 0.25) is 0 Å². The lowest BCUT2D eigenvalue weighted by molar-refractivity contribution is 0.0773. The highest BCUT2D eigenvalue weighted by Gasteiger charge is 2.17. The van der Waals surface area contributed by atoms with Crippen molar-refractivity contribution in [2.45, 2.75) is 60.9 Å². The van der Waals surface area contributed by atoms with Gasteiger partial charge in [0.1, 0.15) is 11.6 Å². The molecule has 0 fully saturated rings. The van der Waals surface area contributed by atoms with Gasteiger partial charge in [-0.05, 0) is 75.9 Å². The molecule has 0 spiro atoms. The number of aromatic nitrogens is 2. The van der Waals surface area contributed by atoms with Gasteiger partial charge >= 0.3 is 6.09 Å². The second-order valence-electron chi connectivity index (χ2n) is 9.40. The largest absolute Gasteiger partial charge is 0.415 e. The number of aryl methyl sites for hydroxylation is 1. The molecule has 0 bridgehead atoms. The molecule has 1 aromatic heterocycles. The van der Waals surface area contributed by atoms with Crippen LogP contribution in [0.5, 0.6) is 5.75 Å². The standard InChI is InChI=1S/C29H40N4O3/c1-7-31(8-2)28(34)23-13-16-26-25(20-23)30-27(33(26)18-17-21(5)6)19-22-11-14-24(15-12-22)36-29(35)32(9-3)10-4/h11-16,20-21H,7-10,17-19H2,1-6H3. The molecular formula is C29H40N4O3. The van der Waals surface area contributed by atoms with E-state index in [0.29, 0.717) is 49.8 Å². The average Bonchev–Trinajstić information content (AvgIpc) is 3.21. The average molecular weight is 493 g/mol. The lowest BCUT2D eigenvalue weighted by Gasteiger charge is -2.18. The van der Waals surface area contributed by atoms with E-state index in [1.807, 2.05) is 75.1 Å². The van der Waals surface area contributed by atoms with E-state index in [4.69, 9.17) is 9.72 Å². The Bertz CT molecular complexity index is 1160. The van der Waals surface area contributed by atoms with Crippen molar-refractivity contribution < 1.29 is 14.3 Å². The number of nitrogens with zero attached hydrogens (tertiary/aromatic N) is 4. The number of benzene rings is 2. The molecule has 0 aliphatic carbocycles. The quantitative estimate of drug-likeness (QED) is 0.329. The number of hydrogen-bond donors (Lipinski definition) is 0. The fraction of sp³-hybridized carbons (Fsp3) is 0.483. The smallest absolute Gasteiger partial charge is 0.410 e. The maximum atomic E-state index is 12.9. The molecule has 0 saturated carbocycles. The minimum atomic E-state index is -0.335. The van der Waals surface area contributed by atoms with Crippen molar-refractivity contribution in [3.63, 3.8) is 0 Å². The number of fused-ring (bicyclic) bond motifs is 1. The number of hydrogen-bond acceptors (Lipinski definition) is 4. The lowest BCUT2D eigenvalue weighted by atomic mass is 10.1. The Labute approximate surface area is 215 Å². The van der Waals surface area contributed by atoms with Crippen LogP contribution in [0.3, 0.4) is 0 Å². The number of rotatable bonds is 11. The Morgan fingerprint density at radius 1 is 0.917 bits per heavy atom. The van der Waals surface area contributed by atoms with Gasteiger partial charge in [-0.15, -0.1) is 0 Å². The number of carbonyl (C=O) groups is 2. The van der Waals surface area contributed by atoms with Gasteiger partial charge in [-0.2, -0.15) is 0 Å². The third-order valence-electron chi connectivity index (χ3n) is 6.57. The van der Waals surface area contributed by atoms with Crippen LogP contribution in [0, 0.1) is 5.92 Å². The first-order valence-corrected chi connectivity index (χ1v) is 13.1. The van der Waals surface area contributed by atoms with E-state index >= 15 is 0 Å². The van der Waals surface area contributed by atoms with E-state index in [0.717, 1.165) is 35.4 Å². The Morgan fingerprint density at radius 2 is 1.56 bits per heavy atom. The Balaban J connectivity index is 1.87. The summed E-state index contributed by atoms with van der Waals surface area (Å²) in [7, 11) is 0. The van der Waals surface area contributed by atoms with Gasteiger partial charge in [0.15, 0.2) is 0 Å². The van der Waals surface area contributed by atoms with Gasteiger partial charge < -0.3 is 19.1 Å². The minimum Gasteiger partial charge on any atom is -0.410 e. The maximum absolute atomic E-state index is 12.9. The molecule has 0 saturated heterocycles. The molecule has 1 heterocycles. The monoisotopic (exact) mass is 492 g/mol. The van der Waals surface area contributed by atoms with Crippen molar-refractivity contribution in [3.8, 4) is 5.75 Å². The summed E-state index contributed by atoms with van der Waals surface area (Å²) in [5.41, 5.74) is 3.65. The van der Waals surface area contributed by atoms with Crippen LogP contribution < -0.4 is 4.74 Å². The van der Waals surface area contributed by atoms with Crippen molar-refractivity contribution in [2.24, 2.45) is 5.92 Å². The molecule has 0 radical (unpaired) electrons. The molecule has 36 heavy (non-hydrogen) atoms. The molecule has 7 nitrogen and oxygen atoms in total. The molecule has 3 rings (SSSR count). The first-order chi connectivity index (χ1) is 17.3. The van der Waals surface area contributed by atoms with Crippen LogP contribution in [-0.4, -0.2) is 57.5 Å². The molecule has 0 aliphatic heterocycles. The summed E-state index contributed by atoms with van der Waals surface area (Å²) in [5, 5.41) is 0. The molecular weight excluding hydrogens is 452 g/mol. The van der Waals surface area contributed by atoms with Gasteiger partial charge in [0, 0.05) is 44.7 Å². The van der Waals surface area contributed by atoms with Crippen LogP contribution in [0.2, 0.25) is 0 Å². The summed E-state index contributed by atoms with van der Waals surface area (Å²) in [4.78, 5) is 33.6. The Morgan fingerprint density at radius 3 is 2.14 bits per heavy atom. The summed E-state index contributed by atoms with van der Waals surface area (Å²) in [5.74, 6) is 2.10. The van der Waals surface area contributed by atoms with Crippen molar-refractivity contribution in [2.75, 3.05) is 26.2 Å². The van der Waals surface area contributed by atoms with Gasteiger partial charge in [0.25, 0.3) is 5.91 Å². The normalized spacial score (nSPS) is 11.2. The molecule has 194 valence electrons. The zero-order valence-electron chi connectivity index (χ0n) is 22.6. The molecule has 0 unspecified atom stereocenters. The van der Waals surface area contributed by atoms with E-state index in [-0.39, 0.29) is 12.0 Å².